The number of aromatic nitrogens is 3. The van der Waals surface area contributed by atoms with E-state index in [1.807, 2.05) is 0 Å². The Morgan fingerprint density at radius 3 is 3.00 bits per heavy atom. The molecule has 0 aromatic carbocycles. The second-order valence-corrected chi connectivity index (χ2v) is 4.91. The number of hydrogen-bond acceptors (Lipinski definition) is 5. The highest BCUT2D eigenvalue weighted by atomic mass is 32.1. The van der Waals surface area contributed by atoms with Crippen LogP contribution in [0.1, 0.15) is 14.5 Å². The zero-order chi connectivity index (χ0) is 14.4. The van der Waals surface area contributed by atoms with Crippen LogP contribution in [0.25, 0.3) is 6.08 Å². The van der Waals surface area contributed by atoms with Crippen LogP contribution in [0, 0.1) is 0 Å². The fourth-order valence-corrected chi connectivity index (χ4v) is 2.27. The maximum absolute atomic E-state index is 11.8. The van der Waals surface area contributed by atoms with Crippen molar-refractivity contribution in [1.29, 1.82) is 0 Å². The molecule has 7 nitrogen and oxygen atoms in total. The summed E-state index contributed by atoms with van der Waals surface area (Å²) in [6.45, 7) is 0.989. The van der Waals surface area contributed by atoms with Crippen molar-refractivity contribution in [2.24, 2.45) is 0 Å². The van der Waals surface area contributed by atoms with Crippen LogP contribution in [-0.2, 0) is 11.3 Å². The summed E-state index contributed by atoms with van der Waals surface area (Å²) >= 11 is 1.23. The van der Waals surface area contributed by atoms with Crippen LogP contribution in [0.2, 0.25) is 0 Å². The SMILES string of the molecule is O=C(O)/C=C/c1ccc(C(=O)NCCn2ccnn2)s1. The summed E-state index contributed by atoms with van der Waals surface area (Å²) in [7, 11) is 0. The maximum Gasteiger partial charge on any atom is 0.328 e. The molecule has 0 saturated carbocycles. The van der Waals surface area contributed by atoms with Gasteiger partial charge < -0.3 is 10.4 Å². The number of hydrogen-bond donors (Lipinski definition) is 2. The first kappa shape index (κ1) is 13.9. The van der Waals surface area contributed by atoms with E-state index in [4.69, 9.17) is 5.11 Å². The van der Waals surface area contributed by atoms with E-state index >= 15 is 0 Å². The zero-order valence-electron chi connectivity index (χ0n) is 10.4. The average Bonchev–Trinajstić information content (AvgIpc) is 3.07. The summed E-state index contributed by atoms with van der Waals surface area (Å²) in [4.78, 5) is 23.5. The van der Waals surface area contributed by atoms with E-state index in [-0.39, 0.29) is 5.91 Å². The molecule has 0 radical (unpaired) electrons. The number of carbonyl (C=O) groups excluding carboxylic acids is 1. The van der Waals surface area contributed by atoms with Gasteiger partial charge in [0.1, 0.15) is 0 Å². The number of carboxylic acids is 1. The Balaban J connectivity index is 1.84. The molecule has 0 aliphatic carbocycles. The monoisotopic (exact) mass is 292 g/mol. The molecule has 1 amide bonds. The van der Waals surface area contributed by atoms with Crippen LogP contribution < -0.4 is 5.32 Å². The molecule has 2 rings (SSSR count). The van der Waals surface area contributed by atoms with E-state index in [1.165, 1.54) is 17.4 Å². The summed E-state index contributed by atoms with van der Waals surface area (Å²) in [6, 6.07) is 3.37. The van der Waals surface area contributed by atoms with Crippen LogP contribution in [-0.4, -0.2) is 38.5 Å². The van der Waals surface area contributed by atoms with Crippen molar-refractivity contribution in [3.63, 3.8) is 0 Å². The molecule has 104 valence electrons. The van der Waals surface area contributed by atoms with Crippen molar-refractivity contribution >= 4 is 29.3 Å². The van der Waals surface area contributed by atoms with Gasteiger partial charge in [0, 0.05) is 23.7 Å². The molecule has 0 aliphatic rings. The number of thiophene rings is 1. The molecule has 0 saturated heterocycles. The molecule has 0 fully saturated rings. The molecule has 8 heteroatoms. The lowest BCUT2D eigenvalue weighted by Crippen LogP contribution is -2.26. The van der Waals surface area contributed by atoms with Gasteiger partial charge in [-0.15, -0.1) is 16.4 Å². The Labute approximate surface area is 118 Å². The predicted octanol–water partition coefficient (Wildman–Crippen LogP) is 0.867. The van der Waals surface area contributed by atoms with Gasteiger partial charge in [-0.05, 0) is 18.2 Å². The largest absolute Gasteiger partial charge is 0.478 e. The van der Waals surface area contributed by atoms with E-state index in [0.717, 1.165) is 6.08 Å². The molecule has 2 heterocycles. The van der Waals surface area contributed by atoms with Crippen molar-refractivity contribution in [3.05, 3.63) is 40.4 Å². The Morgan fingerprint density at radius 2 is 2.30 bits per heavy atom. The van der Waals surface area contributed by atoms with Crippen LogP contribution in [0.5, 0.6) is 0 Å². The summed E-state index contributed by atoms with van der Waals surface area (Å²) in [5, 5.41) is 18.7. The summed E-state index contributed by atoms with van der Waals surface area (Å²) in [6.07, 6.45) is 5.78. The van der Waals surface area contributed by atoms with Crippen LogP contribution in [0.4, 0.5) is 0 Å². The fraction of sp³-hybridized carbons (Fsp3) is 0.167. The van der Waals surface area contributed by atoms with Gasteiger partial charge >= 0.3 is 5.97 Å². The Kier molecular flexibility index (Phi) is 4.61. The quantitative estimate of drug-likeness (QED) is 0.770. The van der Waals surface area contributed by atoms with Crippen molar-refractivity contribution in [3.8, 4) is 0 Å². The minimum absolute atomic E-state index is 0.190. The third kappa shape index (κ3) is 4.02. The van der Waals surface area contributed by atoms with Crippen LogP contribution in [0.3, 0.4) is 0 Å². The molecule has 0 unspecified atom stereocenters. The average molecular weight is 292 g/mol. The number of carbonyl (C=O) groups is 2. The molecule has 0 atom stereocenters. The van der Waals surface area contributed by atoms with Crippen molar-refractivity contribution < 1.29 is 14.7 Å². The van der Waals surface area contributed by atoms with E-state index in [0.29, 0.717) is 22.8 Å². The first-order chi connectivity index (χ1) is 9.65. The zero-order valence-corrected chi connectivity index (χ0v) is 11.2. The van der Waals surface area contributed by atoms with Gasteiger partial charge in [-0.25, -0.2) is 4.79 Å². The number of aliphatic carboxylic acids is 1. The van der Waals surface area contributed by atoms with Gasteiger partial charge in [0.2, 0.25) is 0 Å². The first-order valence-electron chi connectivity index (χ1n) is 5.78. The third-order valence-corrected chi connectivity index (χ3v) is 3.39. The number of nitrogens with one attached hydrogen (secondary N) is 1. The lowest BCUT2D eigenvalue weighted by Gasteiger charge is -2.02. The predicted molar refractivity (Wildman–Crippen MR) is 73.3 cm³/mol. The van der Waals surface area contributed by atoms with Crippen molar-refractivity contribution in [1.82, 2.24) is 20.3 Å². The molecule has 20 heavy (non-hydrogen) atoms. The second kappa shape index (κ2) is 6.62. The lowest BCUT2D eigenvalue weighted by molar-refractivity contribution is -0.131. The molecular formula is C12H12N4O3S. The topological polar surface area (TPSA) is 97.1 Å². The second-order valence-electron chi connectivity index (χ2n) is 3.80. The van der Waals surface area contributed by atoms with E-state index < -0.39 is 5.97 Å². The number of nitrogens with zero attached hydrogens (tertiary/aromatic N) is 3. The summed E-state index contributed by atoms with van der Waals surface area (Å²) in [5.74, 6) is -1.21. The van der Waals surface area contributed by atoms with Gasteiger partial charge in [-0.1, -0.05) is 5.21 Å². The fourth-order valence-electron chi connectivity index (χ4n) is 1.44. The normalized spacial score (nSPS) is 10.8. The minimum atomic E-state index is -1.02. The molecule has 2 N–H and O–H groups in total. The molecule has 0 bridgehead atoms. The first-order valence-corrected chi connectivity index (χ1v) is 6.60. The standard InChI is InChI=1S/C12H12N4O3S/c17-11(18)4-2-9-1-3-10(20-9)12(19)13-5-7-16-8-6-14-15-16/h1-4,6,8H,5,7H2,(H,13,19)(H,17,18)/b4-2+. The lowest BCUT2D eigenvalue weighted by atomic mass is 10.4. The number of rotatable bonds is 6. The van der Waals surface area contributed by atoms with Crippen LogP contribution in [0.15, 0.2) is 30.6 Å². The van der Waals surface area contributed by atoms with Gasteiger partial charge in [0.15, 0.2) is 0 Å². The maximum atomic E-state index is 11.8. The molecule has 2 aromatic rings. The summed E-state index contributed by atoms with van der Waals surface area (Å²) < 4.78 is 1.62. The smallest absolute Gasteiger partial charge is 0.328 e. The Morgan fingerprint density at radius 1 is 1.45 bits per heavy atom. The van der Waals surface area contributed by atoms with Gasteiger partial charge in [0.05, 0.1) is 17.6 Å². The summed E-state index contributed by atoms with van der Waals surface area (Å²) in [5.41, 5.74) is 0. The van der Waals surface area contributed by atoms with Gasteiger partial charge in [-0.3, -0.25) is 9.48 Å². The van der Waals surface area contributed by atoms with Gasteiger partial charge in [0.25, 0.3) is 5.91 Å². The highest BCUT2D eigenvalue weighted by Gasteiger charge is 2.07. The number of amides is 1. The van der Waals surface area contributed by atoms with Gasteiger partial charge in [-0.2, -0.15) is 0 Å². The highest BCUT2D eigenvalue weighted by molar-refractivity contribution is 7.14. The van der Waals surface area contributed by atoms with E-state index in [9.17, 15) is 9.59 Å². The van der Waals surface area contributed by atoms with E-state index in [2.05, 4.69) is 15.6 Å². The third-order valence-electron chi connectivity index (χ3n) is 2.34. The van der Waals surface area contributed by atoms with Crippen LogP contribution >= 0.6 is 11.3 Å². The number of carboxylic acid groups (broad SMARTS) is 1. The molecular weight excluding hydrogens is 280 g/mol. The molecule has 2 aromatic heterocycles. The Bertz CT molecular complexity index is 618. The van der Waals surface area contributed by atoms with Crippen molar-refractivity contribution in [2.45, 2.75) is 6.54 Å². The molecule has 0 spiro atoms. The Hall–Kier alpha value is -2.48. The minimum Gasteiger partial charge on any atom is -0.478 e. The van der Waals surface area contributed by atoms with E-state index in [1.54, 1.807) is 29.2 Å². The van der Waals surface area contributed by atoms with Crippen molar-refractivity contribution in [2.75, 3.05) is 6.54 Å². The molecule has 0 aliphatic heterocycles. The highest BCUT2D eigenvalue weighted by Crippen LogP contribution is 2.17.